The van der Waals surface area contributed by atoms with Crippen molar-refractivity contribution in [1.82, 2.24) is 9.36 Å². The lowest BCUT2D eigenvalue weighted by Crippen LogP contribution is -2.35. The van der Waals surface area contributed by atoms with Crippen LogP contribution in [0.4, 0.5) is 5.69 Å². The summed E-state index contributed by atoms with van der Waals surface area (Å²) in [5.41, 5.74) is 1.16. The van der Waals surface area contributed by atoms with Crippen molar-refractivity contribution in [3.05, 3.63) is 46.4 Å². The van der Waals surface area contributed by atoms with Gasteiger partial charge in [-0.3, -0.25) is 9.48 Å². The monoisotopic (exact) mass is 331 g/mol. The first kappa shape index (κ1) is 17.8. The van der Waals surface area contributed by atoms with E-state index < -0.39 is 17.6 Å². The molecule has 0 aliphatic carbocycles. The number of hydrogen-bond acceptors (Lipinski definition) is 4. The van der Waals surface area contributed by atoms with Gasteiger partial charge in [0.05, 0.1) is 11.4 Å². The number of para-hydroxylation sites is 1. The fourth-order valence-corrected chi connectivity index (χ4v) is 2.40. The molecule has 1 aromatic carbocycles. The number of ether oxygens (including phenoxy) is 1. The van der Waals surface area contributed by atoms with Crippen LogP contribution in [0.25, 0.3) is 5.69 Å². The minimum atomic E-state index is -0.623. The van der Waals surface area contributed by atoms with Gasteiger partial charge in [-0.05, 0) is 46.8 Å². The van der Waals surface area contributed by atoms with Crippen LogP contribution < -0.4 is 10.9 Å². The molecule has 1 aromatic heterocycles. The minimum Gasteiger partial charge on any atom is -0.458 e. The normalized spacial score (nSPS) is 12.8. The summed E-state index contributed by atoms with van der Waals surface area (Å²) >= 11 is 0. The van der Waals surface area contributed by atoms with Crippen molar-refractivity contribution in [3.63, 3.8) is 0 Å². The van der Waals surface area contributed by atoms with E-state index in [-0.39, 0.29) is 5.56 Å². The molecule has 0 saturated carbocycles. The number of nitrogens with zero attached hydrogens (tertiary/aromatic N) is 2. The molecule has 0 amide bonds. The van der Waals surface area contributed by atoms with Gasteiger partial charge in [-0.2, -0.15) is 0 Å². The molecule has 1 N–H and O–H groups in total. The first-order valence-electron chi connectivity index (χ1n) is 7.95. The van der Waals surface area contributed by atoms with Gasteiger partial charge in [-0.15, -0.1) is 0 Å². The Labute approximate surface area is 142 Å². The second-order valence-corrected chi connectivity index (χ2v) is 6.84. The molecule has 0 bridgehead atoms. The summed E-state index contributed by atoms with van der Waals surface area (Å²) in [6, 6.07) is 8.75. The molecule has 6 heteroatoms. The zero-order valence-electron chi connectivity index (χ0n) is 15.1. The Morgan fingerprint density at radius 3 is 2.33 bits per heavy atom. The van der Waals surface area contributed by atoms with Crippen molar-refractivity contribution in [2.45, 2.75) is 46.3 Å². The molecule has 2 rings (SSSR count). The number of esters is 1. The molecule has 2 aromatic rings. The molecule has 1 unspecified atom stereocenters. The first-order chi connectivity index (χ1) is 11.1. The van der Waals surface area contributed by atoms with E-state index in [2.05, 4.69) is 5.32 Å². The SMILES string of the molecule is Cc1c(NC(C)C(=O)OC(C)(C)C)c(=O)n(-c2ccccc2)n1C. The Morgan fingerprint density at radius 2 is 1.79 bits per heavy atom. The van der Waals surface area contributed by atoms with Gasteiger partial charge in [0.2, 0.25) is 0 Å². The fraction of sp³-hybridized carbons (Fsp3) is 0.444. The van der Waals surface area contributed by atoms with E-state index in [4.69, 9.17) is 4.74 Å². The van der Waals surface area contributed by atoms with Crippen molar-refractivity contribution < 1.29 is 9.53 Å². The van der Waals surface area contributed by atoms with E-state index in [1.165, 1.54) is 0 Å². The molecule has 130 valence electrons. The van der Waals surface area contributed by atoms with E-state index in [0.717, 1.165) is 11.4 Å². The predicted octanol–water partition coefficient (Wildman–Crippen LogP) is 2.63. The number of benzene rings is 1. The van der Waals surface area contributed by atoms with E-state index in [9.17, 15) is 9.59 Å². The fourth-order valence-electron chi connectivity index (χ4n) is 2.40. The minimum absolute atomic E-state index is 0.198. The largest absolute Gasteiger partial charge is 0.458 e. The summed E-state index contributed by atoms with van der Waals surface area (Å²) in [6.07, 6.45) is 0. The van der Waals surface area contributed by atoms with Crippen LogP contribution in [0.2, 0.25) is 0 Å². The van der Waals surface area contributed by atoms with Gasteiger partial charge in [0.25, 0.3) is 5.56 Å². The van der Waals surface area contributed by atoms with Crippen LogP contribution in [0.1, 0.15) is 33.4 Å². The number of nitrogens with one attached hydrogen (secondary N) is 1. The van der Waals surface area contributed by atoms with Crippen molar-refractivity contribution >= 4 is 11.7 Å². The predicted molar refractivity (Wildman–Crippen MR) is 94.7 cm³/mol. The molecule has 6 nitrogen and oxygen atoms in total. The van der Waals surface area contributed by atoms with Crippen molar-refractivity contribution in [1.29, 1.82) is 0 Å². The quantitative estimate of drug-likeness (QED) is 0.875. The van der Waals surface area contributed by atoms with Crippen LogP contribution in [-0.4, -0.2) is 27.0 Å². The van der Waals surface area contributed by atoms with Crippen LogP contribution in [-0.2, 0) is 16.6 Å². The third kappa shape index (κ3) is 3.69. The number of carbonyl (C=O) groups excluding carboxylic acids is 1. The standard InChI is InChI=1S/C18H25N3O3/c1-12(17(23)24-18(3,4)5)19-15-13(2)20(6)21(16(15)22)14-10-8-7-9-11-14/h7-12,19H,1-6H3. The molecule has 0 aliphatic heterocycles. The maximum absolute atomic E-state index is 12.8. The number of hydrogen-bond donors (Lipinski definition) is 1. The van der Waals surface area contributed by atoms with Crippen LogP contribution >= 0.6 is 0 Å². The summed E-state index contributed by atoms with van der Waals surface area (Å²) in [5, 5.41) is 3.00. The van der Waals surface area contributed by atoms with Gasteiger partial charge in [-0.25, -0.2) is 9.48 Å². The van der Waals surface area contributed by atoms with Crippen LogP contribution in [0.15, 0.2) is 35.1 Å². The molecule has 0 spiro atoms. The third-order valence-electron chi connectivity index (χ3n) is 3.68. The highest BCUT2D eigenvalue weighted by molar-refractivity contribution is 5.79. The topological polar surface area (TPSA) is 65.3 Å². The Bertz CT molecular complexity index is 782. The Hall–Kier alpha value is -2.50. The zero-order chi connectivity index (χ0) is 18.1. The van der Waals surface area contributed by atoms with Gasteiger partial charge in [0.1, 0.15) is 17.3 Å². The van der Waals surface area contributed by atoms with E-state index in [1.54, 1.807) is 16.3 Å². The molecule has 1 atom stereocenters. The maximum Gasteiger partial charge on any atom is 0.328 e. The highest BCUT2D eigenvalue weighted by Gasteiger charge is 2.24. The first-order valence-corrected chi connectivity index (χ1v) is 7.95. The molecule has 0 saturated heterocycles. The summed E-state index contributed by atoms with van der Waals surface area (Å²) in [6.45, 7) is 8.97. The second-order valence-electron chi connectivity index (χ2n) is 6.84. The maximum atomic E-state index is 12.8. The number of carbonyl (C=O) groups is 1. The highest BCUT2D eigenvalue weighted by Crippen LogP contribution is 2.16. The van der Waals surface area contributed by atoms with Gasteiger partial charge in [0.15, 0.2) is 0 Å². The summed E-state index contributed by atoms with van der Waals surface area (Å²) in [4.78, 5) is 24.9. The highest BCUT2D eigenvalue weighted by atomic mass is 16.6. The summed E-state index contributed by atoms with van der Waals surface area (Å²) in [7, 11) is 1.81. The third-order valence-corrected chi connectivity index (χ3v) is 3.68. The Kier molecular flexibility index (Phi) is 4.87. The molecule has 0 radical (unpaired) electrons. The Balaban J connectivity index is 2.33. The van der Waals surface area contributed by atoms with Gasteiger partial charge < -0.3 is 10.1 Å². The van der Waals surface area contributed by atoms with E-state index in [0.29, 0.717) is 5.69 Å². The van der Waals surface area contributed by atoms with Crippen LogP contribution in [0.3, 0.4) is 0 Å². The molecular formula is C18H25N3O3. The van der Waals surface area contributed by atoms with Crippen molar-refractivity contribution in [2.75, 3.05) is 5.32 Å². The molecule has 24 heavy (non-hydrogen) atoms. The average Bonchev–Trinajstić information content (AvgIpc) is 2.70. The van der Waals surface area contributed by atoms with Crippen LogP contribution in [0.5, 0.6) is 0 Å². The smallest absolute Gasteiger partial charge is 0.328 e. The average molecular weight is 331 g/mol. The van der Waals surface area contributed by atoms with E-state index in [1.807, 2.05) is 65.1 Å². The number of rotatable bonds is 4. The van der Waals surface area contributed by atoms with Crippen molar-refractivity contribution in [3.8, 4) is 5.69 Å². The molecule has 0 aliphatic rings. The number of anilines is 1. The second kappa shape index (κ2) is 6.55. The lowest BCUT2D eigenvalue weighted by atomic mass is 10.2. The lowest BCUT2D eigenvalue weighted by Gasteiger charge is -2.22. The number of aromatic nitrogens is 2. The molecule has 0 fully saturated rings. The summed E-state index contributed by atoms with van der Waals surface area (Å²) in [5.74, 6) is -0.392. The van der Waals surface area contributed by atoms with Crippen LogP contribution in [0, 0.1) is 6.92 Å². The van der Waals surface area contributed by atoms with E-state index >= 15 is 0 Å². The Morgan fingerprint density at radius 1 is 1.21 bits per heavy atom. The molecular weight excluding hydrogens is 306 g/mol. The summed E-state index contributed by atoms with van der Waals surface area (Å²) < 4.78 is 8.69. The van der Waals surface area contributed by atoms with Gasteiger partial charge in [-0.1, -0.05) is 18.2 Å². The van der Waals surface area contributed by atoms with Gasteiger partial charge >= 0.3 is 5.97 Å². The zero-order valence-corrected chi connectivity index (χ0v) is 15.1. The van der Waals surface area contributed by atoms with Gasteiger partial charge in [0, 0.05) is 7.05 Å². The van der Waals surface area contributed by atoms with Crippen molar-refractivity contribution in [2.24, 2.45) is 7.05 Å². The molecule has 1 heterocycles. The lowest BCUT2D eigenvalue weighted by molar-refractivity contribution is -0.155.